The molecule has 1 aromatic rings. The van der Waals surface area contributed by atoms with Gasteiger partial charge in [0, 0.05) is 43.3 Å². The van der Waals surface area contributed by atoms with Gasteiger partial charge in [-0.2, -0.15) is 0 Å². The van der Waals surface area contributed by atoms with E-state index in [1.54, 1.807) is 0 Å². The van der Waals surface area contributed by atoms with Gasteiger partial charge in [-0.25, -0.2) is 4.98 Å². The Morgan fingerprint density at radius 3 is 2.57 bits per heavy atom. The van der Waals surface area contributed by atoms with Crippen molar-refractivity contribution in [2.45, 2.75) is 52.1 Å². The molecule has 0 aromatic carbocycles. The van der Waals surface area contributed by atoms with Gasteiger partial charge in [-0.1, -0.05) is 27.7 Å². The fourth-order valence-electron chi connectivity index (χ4n) is 2.83. The van der Waals surface area contributed by atoms with Crippen LogP contribution in [-0.2, 0) is 12.0 Å². The average molecular weight is 290 g/mol. The highest BCUT2D eigenvalue weighted by Crippen LogP contribution is 2.26. The summed E-state index contributed by atoms with van der Waals surface area (Å²) in [4.78, 5) is 9.79. The molecule has 1 aliphatic heterocycles. The SMILES string of the molecule is CCC1CN(c2cc(CN)cc(C(C)(C)C)n2)CCN1C. The zero-order chi connectivity index (χ0) is 15.6. The van der Waals surface area contributed by atoms with Gasteiger partial charge in [-0.05, 0) is 31.2 Å². The molecule has 2 N–H and O–H groups in total. The van der Waals surface area contributed by atoms with Crippen LogP contribution in [0.3, 0.4) is 0 Å². The van der Waals surface area contributed by atoms with Crippen LogP contribution >= 0.6 is 0 Å². The van der Waals surface area contributed by atoms with E-state index in [0.29, 0.717) is 12.6 Å². The Hall–Kier alpha value is -1.13. The van der Waals surface area contributed by atoms with E-state index in [1.165, 1.54) is 12.0 Å². The van der Waals surface area contributed by atoms with E-state index in [0.717, 1.165) is 31.1 Å². The van der Waals surface area contributed by atoms with E-state index < -0.39 is 0 Å². The van der Waals surface area contributed by atoms with E-state index in [2.05, 4.69) is 56.7 Å². The number of anilines is 1. The van der Waals surface area contributed by atoms with Crippen molar-refractivity contribution in [3.05, 3.63) is 23.4 Å². The first-order valence-corrected chi connectivity index (χ1v) is 8.02. The zero-order valence-electron chi connectivity index (χ0n) is 14.2. The van der Waals surface area contributed by atoms with Crippen LogP contribution in [0.5, 0.6) is 0 Å². The first-order valence-electron chi connectivity index (χ1n) is 8.02. The molecular formula is C17H30N4. The van der Waals surface area contributed by atoms with E-state index in [1.807, 2.05) is 0 Å². The summed E-state index contributed by atoms with van der Waals surface area (Å²) in [5.41, 5.74) is 8.24. The molecule has 4 nitrogen and oxygen atoms in total. The fourth-order valence-corrected chi connectivity index (χ4v) is 2.83. The van der Waals surface area contributed by atoms with Crippen LogP contribution in [-0.4, -0.2) is 42.6 Å². The molecule has 0 spiro atoms. The van der Waals surface area contributed by atoms with Crippen molar-refractivity contribution in [2.24, 2.45) is 5.73 Å². The minimum absolute atomic E-state index is 0.0522. The molecule has 2 rings (SSSR count). The van der Waals surface area contributed by atoms with Crippen LogP contribution in [0.25, 0.3) is 0 Å². The van der Waals surface area contributed by atoms with Gasteiger partial charge in [-0.3, -0.25) is 4.90 Å². The molecule has 1 atom stereocenters. The van der Waals surface area contributed by atoms with E-state index in [4.69, 9.17) is 10.7 Å². The lowest BCUT2D eigenvalue weighted by Crippen LogP contribution is -2.51. The summed E-state index contributed by atoms with van der Waals surface area (Å²) in [6.07, 6.45) is 1.18. The fraction of sp³-hybridized carbons (Fsp3) is 0.706. The summed E-state index contributed by atoms with van der Waals surface area (Å²) in [6.45, 7) is 12.6. The largest absolute Gasteiger partial charge is 0.354 e. The number of piperazine rings is 1. The van der Waals surface area contributed by atoms with Gasteiger partial charge in [0.05, 0.1) is 0 Å². The number of rotatable bonds is 3. The van der Waals surface area contributed by atoms with Gasteiger partial charge in [0.2, 0.25) is 0 Å². The number of hydrogen-bond acceptors (Lipinski definition) is 4. The molecule has 1 fully saturated rings. The summed E-state index contributed by atoms with van der Waals surface area (Å²) in [5.74, 6) is 1.09. The summed E-state index contributed by atoms with van der Waals surface area (Å²) < 4.78 is 0. The van der Waals surface area contributed by atoms with E-state index in [9.17, 15) is 0 Å². The third kappa shape index (κ3) is 3.74. The number of nitrogens with two attached hydrogens (primary N) is 1. The van der Waals surface area contributed by atoms with Crippen LogP contribution in [0, 0.1) is 0 Å². The van der Waals surface area contributed by atoms with Gasteiger partial charge >= 0.3 is 0 Å². The Bertz CT molecular complexity index is 478. The predicted octanol–water partition coefficient (Wildman–Crippen LogP) is 2.37. The lowest BCUT2D eigenvalue weighted by atomic mass is 9.90. The van der Waals surface area contributed by atoms with Crippen molar-refractivity contribution in [1.29, 1.82) is 0 Å². The lowest BCUT2D eigenvalue weighted by Gasteiger charge is -2.40. The van der Waals surface area contributed by atoms with Crippen molar-refractivity contribution in [2.75, 3.05) is 31.6 Å². The Kier molecular flexibility index (Phi) is 4.89. The molecule has 0 aliphatic carbocycles. The van der Waals surface area contributed by atoms with E-state index in [-0.39, 0.29) is 5.41 Å². The molecule has 0 saturated carbocycles. The Labute approximate surface area is 129 Å². The van der Waals surface area contributed by atoms with Gasteiger partial charge in [-0.15, -0.1) is 0 Å². The maximum Gasteiger partial charge on any atom is 0.129 e. The Balaban J connectivity index is 2.30. The molecule has 0 amide bonds. The summed E-state index contributed by atoms with van der Waals surface area (Å²) in [6, 6.07) is 4.92. The molecule has 21 heavy (non-hydrogen) atoms. The van der Waals surface area contributed by atoms with Crippen LogP contribution in [0.1, 0.15) is 45.4 Å². The Morgan fingerprint density at radius 2 is 2.00 bits per heavy atom. The standard InChI is InChI=1S/C17H30N4/c1-6-14-12-21(8-7-20(14)5)16-10-13(11-18)9-15(19-16)17(2,3)4/h9-10,14H,6-8,11-12,18H2,1-5H3. The maximum atomic E-state index is 5.88. The predicted molar refractivity (Wildman–Crippen MR) is 89.8 cm³/mol. The van der Waals surface area contributed by atoms with E-state index >= 15 is 0 Å². The maximum absolute atomic E-state index is 5.88. The molecule has 1 saturated heterocycles. The van der Waals surface area contributed by atoms with Crippen LogP contribution in [0.2, 0.25) is 0 Å². The van der Waals surface area contributed by atoms with Gasteiger partial charge in [0.15, 0.2) is 0 Å². The normalized spacial score (nSPS) is 20.9. The first kappa shape index (κ1) is 16.2. The number of likely N-dealkylation sites (N-methyl/N-ethyl adjacent to an activating group) is 1. The average Bonchev–Trinajstić information content (AvgIpc) is 2.46. The van der Waals surface area contributed by atoms with Crippen LogP contribution in [0.4, 0.5) is 5.82 Å². The smallest absolute Gasteiger partial charge is 0.129 e. The number of nitrogens with zero attached hydrogens (tertiary/aromatic N) is 3. The number of pyridine rings is 1. The lowest BCUT2D eigenvalue weighted by molar-refractivity contribution is 0.213. The quantitative estimate of drug-likeness (QED) is 0.928. The highest BCUT2D eigenvalue weighted by Gasteiger charge is 2.25. The second-order valence-corrected chi connectivity index (χ2v) is 7.16. The summed E-state index contributed by atoms with van der Waals surface area (Å²) in [7, 11) is 2.22. The van der Waals surface area contributed by atoms with Crippen molar-refractivity contribution in [3.8, 4) is 0 Å². The summed E-state index contributed by atoms with van der Waals surface area (Å²) in [5, 5.41) is 0. The van der Waals surface area contributed by atoms with Crippen molar-refractivity contribution >= 4 is 5.82 Å². The molecular weight excluding hydrogens is 260 g/mol. The minimum atomic E-state index is 0.0522. The highest BCUT2D eigenvalue weighted by atomic mass is 15.3. The second kappa shape index (κ2) is 6.32. The van der Waals surface area contributed by atoms with Gasteiger partial charge < -0.3 is 10.6 Å². The molecule has 1 aliphatic rings. The van der Waals surface area contributed by atoms with Crippen LogP contribution < -0.4 is 10.6 Å². The molecule has 0 radical (unpaired) electrons. The molecule has 1 aromatic heterocycles. The van der Waals surface area contributed by atoms with Crippen molar-refractivity contribution in [1.82, 2.24) is 9.88 Å². The molecule has 0 bridgehead atoms. The van der Waals surface area contributed by atoms with Crippen molar-refractivity contribution < 1.29 is 0 Å². The molecule has 4 heteroatoms. The molecule has 118 valence electrons. The van der Waals surface area contributed by atoms with Gasteiger partial charge in [0.25, 0.3) is 0 Å². The third-order valence-corrected chi connectivity index (χ3v) is 4.45. The van der Waals surface area contributed by atoms with Gasteiger partial charge in [0.1, 0.15) is 5.82 Å². The number of aromatic nitrogens is 1. The zero-order valence-corrected chi connectivity index (χ0v) is 14.2. The minimum Gasteiger partial charge on any atom is -0.354 e. The summed E-state index contributed by atoms with van der Waals surface area (Å²) >= 11 is 0. The Morgan fingerprint density at radius 1 is 1.29 bits per heavy atom. The topological polar surface area (TPSA) is 45.4 Å². The third-order valence-electron chi connectivity index (χ3n) is 4.45. The molecule has 2 heterocycles. The monoisotopic (exact) mass is 290 g/mol. The van der Waals surface area contributed by atoms with Crippen LogP contribution in [0.15, 0.2) is 12.1 Å². The number of hydrogen-bond donors (Lipinski definition) is 1. The highest BCUT2D eigenvalue weighted by molar-refractivity contribution is 5.44. The second-order valence-electron chi connectivity index (χ2n) is 7.16. The molecule has 1 unspecified atom stereocenters. The first-order chi connectivity index (χ1) is 9.85. The van der Waals surface area contributed by atoms with Crippen molar-refractivity contribution in [3.63, 3.8) is 0 Å².